The fourth-order valence-corrected chi connectivity index (χ4v) is 2.66. The molecular weight excluding hydrogens is 242 g/mol. The van der Waals surface area contributed by atoms with E-state index in [-0.39, 0.29) is 24.2 Å². The van der Waals surface area contributed by atoms with Crippen LogP contribution in [0, 0.1) is 0 Å². The van der Waals surface area contributed by atoms with Gasteiger partial charge < -0.3 is 14.8 Å². The highest BCUT2D eigenvalue weighted by atomic mass is 35.5. The zero-order chi connectivity index (χ0) is 12.1. The number of rotatable bonds is 4. The molecule has 1 aliphatic heterocycles. The van der Waals surface area contributed by atoms with Gasteiger partial charge in [0.2, 0.25) is 5.91 Å². The molecule has 2 rings (SSSR count). The first kappa shape index (κ1) is 13.1. The van der Waals surface area contributed by atoms with Crippen molar-refractivity contribution in [1.82, 2.24) is 5.32 Å². The molecule has 0 bridgehead atoms. The third-order valence-corrected chi connectivity index (χ3v) is 3.65. The second kappa shape index (κ2) is 6.57. The SMILES string of the molecule is O=C(CCCCl)NC1CCC2OCCOC2C1. The summed E-state index contributed by atoms with van der Waals surface area (Å²) in [6.45, 7) is 1.38. The molecule has 1 N–H and O–H groups in total. The minimum absolute atomic E-state index is 0.103. The fourth-order valence-electron chi connectivity index (χ4n) is 2.52. The van der Waals surface area contributed by atoms with Gasteiger partial charge in [-0.25, -0.2) is 0 Å². The Morgan fingerprint density at radius 3 is 2.76 bits per heavy atom. The van der Waals surface area contributed by atoms with Gasteiger partial charge in [0.15, 0.2) is 0 Å². The van der Waals surface area contributed by atoms with Gasteiger partial charge in [0.1, 0.15) is 0 Å². The molecule has 4 nitrogen and oxygen atoms in total. The topological polar surface area (TPSA) is 47.6 Å². The average molecular weight is 262 g/mol. The summed E-state index contributed by atoms with van der Waals surface area (Å²) in [5, 5.41) is 3.05. The van der Waals surface area contributed by atoms with Crippen LogP contribution >= 0.6 is 11.6 Å². The van der Waals surface area contributed by atoms with Crippen molar-refractivity contribution in [2.24, 2.45) is 0 Å². The lowest BCUT2D eigenvalue weighted by Crippen LogP contribution is -2.49. The van der Waals surface area contributed by atoms with E-state index < -0.39 is 0 Å². The fraction of sp³-hybridized carbons (Fsp3) is 0.917. The van der Waals surface area contributed by atoms with Crippen molar-refractivity contribution in [1.29, 1.82) is 0 Å². The van der Waals surface area contributed by atoms with Crippen LogP contribution in [0.3, 0.4) is 0 Å². The van der Waals surface area contributed by atoms with E-state index in [2.05, 4.69) is 5.32 Å². The van der Waals surface area contributed by atoms with Gasteiger partial charge in [-0.15, -0.1) is 11.6 Å². The number of halogens is 1. The van der Waals surface area contributed by atoms with Crippen LogP contribution in [0.5, 0.6) is 0 Å². The number of fused-ring (bicyclic) bond motifs is 1. The standard InChI is InChI=1S/C12H20ClNO3/c13-5-1-2-12(15)14-9-3-4-10-11(8-9)17-7-6-16-10/h9-11H,1-8H2,(H,14,15). The molecule has 3 atom stereocenters. The van der Waals surface area contributed by atoms with E-state index in [9.17, 15) is 4.79 Å². The zero-order valence-electron chi connectivity index (χ0n) is 9.99. The summed E-state index contributed by atoms with van der Waals surface area (Å²) in [5.74, 6) is 0.644. The van der Waals surface area contributed by atoms with Crippen LogP contribution < -0.4 is 5.32 Å². The number of carbonyl (C=O) groups is 1. The van der Waals surface area contributed by atoms with E-state index >= 15 is 0 Å². The third kappa shape index (κ3) is 3.83. The normalized spacial score (nSPS) is 32.9. The van der Waals surface area contributed by atoms with Crippen LogP contribution in [-0.4, -0.2) is 43.3 Å². The van der Waals surface area contributed by atoms with Crippen molar-refractivity contribution >= 4 is 17.5 Å². The Morgan fingerprint density at radius 2 is 2.00 bits per heavy atom. The monoisotopic (exact) mass is 261 g/mol. The number of amides is 1. The maximum Gasteiger partial charge on any atom is 0.220 e. The Morgan fingerprint density at radius 1 is 1.24 bits per heavy atom. The summed E-state index contributed by atoms with van der Waals surface area (Å²) in [4.78, 5) is 11.6. The van der Waals surface area contributed by atoms with Crippen LogP contribution in [-0.2, 0) is 14.3 Å². The van der Waals surface area contributed by atoms with Gasteiger partial charge in [-0.3, -0.25) is 4.79 Å². The summed E-state index contributed by atoms with van der Waals surface area (Å²) in [6, 6.07) is 0.237. The molecule has 17 heavy (non-hydrogen) atoms. The van der Waals surface area contributed by atoms with E-state index in [1.165, 1.54) is 0 Å². The number of hydrogen-bond donors (Lipinski definition) is 1. The van der Waals surface area contributed by atoms with Crippen molar-refractivity contribution in [2.45, 2.75) is 50.4 Å². The highest BCUT2D eigenvalue weighted by Crippen LogP contribution is 2.26. The highest BCUT2D eigenvalue weighted by molar-refractivity contribution is 6.17. The second-order valence-electron chi connectivity index (χ2n) is 4.69. The molecule has 0 radical (unpaired) electrons. The van der Waals surface area contributed by atoms with Gasteiger partial charge in [0.25, 0.3) is 0 Å². The lowest BCUT2D eigenvalue weighted by molar-refractivity contribution is -0.158. The smallest absolute Gasteiger partial charge is 0.220 e. The van der Waals surface area contributed by atoms with Crippen LogP contribution in [0.4, 0.5) is 0 Å². The van der Waals surface area contributed by atoms with E-state index in [0.717, 1.165) is 25.7 Å². The van der Waals surface area contributed by atoms with Gasteiger partial charge in [-0.2, -0.15) is 0 Å². The quantitative estimate of drug-likeness (QED) is 0.780. The molecule has 0 aromatic heterocycles. The largest absolute Gasteiger partial charge is 0.373 e. The Balaban J connectivity index is 1.73. The molecule has 5 heteroatoms. The Bertz CT molecular complexity index is 262. The molecule has 2 fully saturated rings. The third-order valence-electron chi connectivity index (χ3n) is 3.38. The van der Waals surface area contributed by atoms with Crippen LogP contribution in [0.1, 0.15) is 32.1 Å². The van der Waals surface area contributed by atoms with E-state index in [1.807, 2.05) is 0 Å². The van der Waals surface area contributed by atoms with Crippen LogP contribution in [0.15, 0.2) is 0 Å². The average Bonchev–Trinajstić information content (AvgIpc) is 2.36. The van der Waals surface area contributed by atoms with Crippen molar-refractivity contribution in [3.05, 3.63) is 0 Å². The Labute approximate surface area is 107 Å². The zero-order valence-corrected chi connectivity index (χ0v) is 10.7. The molecule has 1 heterocycles. The molecule has 1 saturated heterocycles. The first-order chi connectivity index (χ1) is 8.29. The van der Waals surface area contributed by atoms with Crippen molar-refractivity contribution in [2.75, 3.05) is 19.1 Å². The lowest BCUT2D eigenvalue weighted by Gasteiger charge is -2.39. The minimum atomic E-state index is 0.103. The molecule has 1 amide bonds. The van der Waals surface area contributed by atoms with Gasteiger partial charge in [-0.05, 0) is 25.7 Å². The molecule has 0 spiro atoms. The summed E-state index contributed by atoms with van der Waals surface area (Å²) in [7, 11) is 0. The second-order valence-corrected chi connectivity index (χ2v) is 5.07. The summed E-state index contributed by atoms with van der Waals surface area (Å²) < 4.78 is 11.3. The van der Waals surface area contributed by atoms with Crippen LogP contribution in [0.2, 0.25) is 0 Å². The van der Waals surface area contributed by atoms with E-state index in [4.69, 9.17) is 21.1 Å². The first-order valence-electron chi connectivity index (χ1n) is 6.38. The predicted octanol–water partition coefficient (Wildman–Crippen LogP) is 1.46. The molecule has 98 valence electrons. The maximum atomic E-state index is 11.6. The molecular formula is C12H20ClNO3. The minimum Gasteiger partial charge on any atom is -0.373 e. The van der Waals surface area contributed by atoms with E-state index in [1.54, 1.807) is 0 Å². The molecule has 1 aliphatic carbocycles. The van der Waals surface area contributed by atoms with Crippen molar-refractivity contribution < 1.29 is 14.3 Å². The lowest BCUT2D eigenvalue weighted by atomic mass is 9.89. The van der Waals surface area contributed by atoms with Crippen molar-refractivity contribution in [3.8, 4) is 0 Å². The van der Waals surface area contributed by atoms with E-state index in [0.29, 0.717) is 25.5 Å². The van der Waals surface area contributed by atoms with Crippen molar-refractivity contribution in [3.63, 3.8) is 0 Å². The van der Waals surface area contributed by atoms with Gasteiger partial charge >= 0.3 is 0 Å². The number of nitrogens with one attached hydrogen (secondary N) is 1. The van der Waals surface area contributed by atoms with Gasteiger partial charge in [-0.1, -0.05) is 0 Å². The molecule has 0 aromatic rings. The molecule has 3 unspecified atom stereocenters. The Hall–Kier alpha value is -0.320. The molecule has 1 saturated carbocycles. The Kier molecular flexibility index (Phi) is 5.07. The van der Waals surface area contributed by atoms with Crippen LogP contribution in [0.25, 0.3) is 0 Å². The number of ether oxygens (including phenoxy) is 2. The van der Waals surface area contributed by atoms with Gasteiger partial charge in [0.05, 0.1) is 25.4 Å². The maximum absolute atomic E-state index is 11.6. The highest BCUT2D eigenvalue weighted by Gasteiger charge is 2.34. The van der Waals surface area contributed by atoms with Gasteiger partial charge in [0, 0.05) is 18.3 Å². The predicted molar refractivity (Wildman–Crippen MR) is 65.2 cm³/mol. The number of hydrogen-bond acceptors (Lipinski definition) is 3. The molecule has 0 aromatic carbocycles. The first-order valence-corrected chi connectivity index (χ1v) is 6.91. The summed E-state index contributed by atoms with van der Waals surface area (Å²) in [5.41, 5.74) is 0. The molecule has 2 aliphatic rings. The number of alkyl halides is 1. The summed E-state index contributed by atoms with van der Waals surface area (Å²) >= 11 is 5.56. The number of carbonyl (C=O) groups excluding carboxylic acids is 1. The summed E-state index contributed by atoms with van der Waals surface area (Å²) in [6.07, 6.45) is 4.49.